The molecule has 0 aliphatic heterocycles. The SMILES string of the molecule is CC1=[C]([Zr]([C]2=CC=CC2)=[C](C)C)C(C)C=C1. The molecule has 2 rings (SSSR count). The second kappa shape index (κ2) is 4.92. The van der Waals surface area contributed by atoms with Gasteiger partial charge in [0.1, 0.15) is 0 Å². The van der Waals surface area contributed by atoms with Crippen LogP contribution < -0.4 is 0 Å². The van der Waals surface area contributed by atoms with E-state index in [4.69, 9.17) is 0 Å². The fraction of sp³-hybridized carbons (Fsp3) is 0.400. The molecule has 2 aliphatic rings. The van der Waals surface area contributed by atoms with Crippen LogP contribution in [-0.2, 0) is 21.3 Å². The summed E-state index contributed by atoms with van der Waals surface area (Å²) >= 11 is -1.64. The Labute approximate surface area is 107 Å². The van der Waals surface area contributed by atoms with Crippen LogP contribution in [-0.4, -0.2) is 3.21 Å². The second-order valence-electron chi connectivity index (χ2n) is 4.94. The van der Waals surface area contributed by atoms with Gasteiger partial charge in [0.15, 0.2) is 0 Å². The van der Waals surface area contributed by atoms with Gasteiger partial charge in [-0.05, 0) is 0 Å². The predicted octanol–water partition coefficient (Wildman–Crippen LogP) is 4.14. The molecule has 0 spiro atoms. The third-order valence-electron chi connectivity index (χ3n) is 3.38. The average Bonchev–Trinajstić information content (AvgIpc) is 2.82. The van der Waals surface area contributed by atoms with E-state index < -0.39 is 21.3 Å². The fourth-order valence-electron chi connectivity index (χ4n) is 2.65. The van der Waals surface area contributed by atoms with Gasteiger partial charge in [-0.15, -0.1) is 0 Å². The van der Waals surface area contributed by atoms with Crippen LogP contribution >= 0.6 is 0 Å². The van der Waals surface area contributed by atoms with Gasteiger partial charge in [0.2, 0.25) is 0 Å². The molecule has 0 bridgehead atoms. The first-order chi connectivity index (χ1) is 7.61. The Morgan fingerprint density at radius 2 is 2.12 bits per heavy atom. The van der Waals surface area contributed by atoms with Gasteiger partial charge in [-0.2, -0.15) is 0 Å². The monoisotopic (exact) mass is 290 g/mol. The Bertz CT molecular complexity index is 452. The minimum absolute atomic E-state index is 0.686. The van der Waals surface area contributed by atoms with E-state index in [0.717, 1.165) is 0 Å². The van der Waals surface area contributed by atoms with E-state index in [1.54, 1.807) is 15.3 Å². The maximum absolute atomic E-state index is 2.38. The molecule has 2 aliphatic carbocycles. The molecule has 0 radical (unpaired) electrons. The van der Waals surface area contributed by atoms with Crippen molar-refractivity contribution in [1.82, 2.24) is 0 Å². The Morgan fingerprint density at radius 3 is 2.56 bits per heavy atom. The zero-order valence-electron chi connectivity index (χ0n) is 10.7. The molecule has 0 aromatic rings. The molecule has 0 fully saturated rings. The first-order valence-corrected chi connectivity index (χ1v) is 9.73. The molecular formula is C15H20Zr. The van der Waals surface area contributed by atoms with Crippen LogP contribution in [0.2, 0.25) is 0 Å². The van der Waals surface area contributed by atoms with Gasteiger partial charge < -0.3 is 0 Å². The Hall–Kier alpha value is -0.287. The van der Waals surface area contributed by atoms with Gasteiger partial charge in [0.25, 0.3) is 0 Å². The normalized spacial score (nSPS) is 23.0. The van der Waals surface area contributed by atoms with E-state index in [9.17, 15) is 0 Å². The van der Waals surface area contributed by atoms with Crippen molar-refractivity contribution in [2.75, 3.05) is 0 Å². The molecule has 0 saturated heterocycles. The van der Waals surface area contributed by atoms with E-state index in [2.05, 4.69) is 58.1 Å². The summed E-state index contributed by atoms with van der Waals surface area (Å²) in [4.78, 5) is 0. The quantitative estimate of drug-likeness (QED) is 0.717. The predicted molar refractivity (Wildman–Crippen MR) is 69.2 cm³/mol. The first kappa shape index (κ1) is 12.2. The Kier molecular flexibility index (Phi) is 3.74. The molecule has 1 heteroatoms. The molecule has 1 atom stereocenters. The molecule has 16 heavy (non-hydrogen) atoms. The van der Waals surface area contributed by atoms with Crippen molar-refractivity contribution in [3.63, 3.8) is 0 Å². The molecular weight excluding hydrogens is 271 g/mol. The number of hydrogen-bond donors (Lipinski definition) is 0. The minimum atomic E-state index is -1.64. The summed E-state index contributed by atoms with van der Waals surface area (Å²) in [6.45, 7) is 9.34. The van der Waals surface area contributed by atoms with E-state index in [0.29, 0.717) is 5.92 Å². The van der Waals surface area contributed by atoms with Crippen LogP contribution in [0.25, 0.3) is 0 Å². The second-order valence-corrected chi connectivity index (χ2v) is 12.1. The van der Waals surface area contributed by atoms with Gasteiger partial charge in [-0.1, -0.05) is 0 Å². The Morgan fingerprint density at radius 1 is 1.38 bits per heavy atom. The molecule has 0 aromatic heterocycles. The van der Waals surface area contributed by atoms with Crippen LogP contribution in [0, 0.1) is 5.92 Å². The van der Waals surface area contributed by atoms with Crippen molar-refractivity contribution >= 4 is 3.21 Å². The summed E-state index contributed by atoms with van der Waals surface area (Å²) in [6, 6.07) is 0. The van der Waals surface area contributed by atoms with Gasteiger partial charge >= 0.3 is 107 Å². The standard InChI is InChI=1S/C7H9.C5H5.C3H6.Zr/c1-6-3-4-7(2)5-6;1-2-4-5-3-1;1-3-2;/h3-4,6H,1-2H3;1-3H,4H2;1-2H3;. The van der Waals surface area contributed by atoms with Crippen LogP contribution in [0.4, 0.5) is 0 Å². The zero-order valence-corrected chi connectivity index (χ0v) is 13.1. The molecule has 0 nitrogen and oxygen atoms in total. The summed E-state index contributed by atoms with van der Waals surface area (Å²) in [7, 11) is 0. The third kappa shape index (κ3) is 2.20. The third-order valence-corrected chi connectivity index (χ3v) is 11.7. The van der Waals surface area contributed by atoms with Crippen molar-refractivity contribution in [2.45, 2.75) is 34.1 Å². The van der Waals surface area contributed by atoms with Crippen molar-refractivity contribution in [1.29, 1.82) is 0 Å². The molecule has 84 valence electrons. The summed E-state index contributed by atoms with van der Waals surface area (Å²) in [6.07, 6.45) is 12.8. The summed E-state index contributed by atoms with van der Waals surface area (Å²) in [5.74, 6) is 0.686. The number of allylic oxidation sites excluding steroid dienone is 8. The van der Waals surface area contributed by atoms with Gasteiger partial charge in [-0.3, -0.25) is 0 Å². The van der Waals surface area contributed by atoms with Crippen molar-refractivity contribution in [3.05, 3.63) is 42.5 Å². The molecule has 0 aromatic carbocycles. The zero-order chi connectivity index (χ0) is 11.7. The molecule has 0 heterocycles. The number of hydrogen-bond acceptors (Lipinski definition) is 0. The van der Waals surface area contributed by atoms with Crippen molar-refractivity contribution in [3.8, 4) is 0 Å². The van der Waals surface area contributed by atoms with Gasteiger partial charge in [0, 0.05) is 0 Å². The van der Waals surface area contributed by atoms with Gasteiger partial charge in [-0.25, -0.2) is 0 Å². The molecule has 1 unspecified atom stereocenters. The topological polar surface area (TPSA) is 0 Å². The first-order valence-electron chi connectivity index (χ1n) is 6.04. The van der Waals surface area contributed by atoms with Gasteiger partial charge in [0.05, 0.1) is 0 Å². The van der Waals surface area contributed by atoms with E-state index in [-0.39, 0.29) is 0 Å². The van der Waals surface area contributed by atoms with Crippen molar-refractivity contribution in [2.24, 2.45) is 5.92 Å². The van der Waals surface area contributed by atoms with Crippen LogP contribution in [0.15, 0.2) is 42.5 Å². The molecule has 0 amide bonds. The maximum atomic E-state index is 2.38. The average molecular weight is 292 g/mol. The number of rotatable bonds is 2. The van der Waals surface area contributed by atoms with Crippen LogP contribution in [0.3, 0.4) is 0 Å². The molecule has 0 N–H and O–H groups in total. The van der Waals surface area contributed by atoms with E-state index >= 15 is 0 Å². The summed E-state index contributed by atoms with van der Waals surface area (Å²) in [5.41, 5.74) is 1.55. The van der Waals surface area contributed by atoms with Crippen molar-refractivity contribution < 1.29 is 21.3 Å². The van der Waals surface area contributed by atoms with E-state index in [1.807, 2.05) is 0 Å². The summed E-state index contributed by atoms with van der Waals surface area (Å²) in [5, 5.41) is 0. The van der Waals surface area contributed by atoms with Crippen LogP contribution in [0.5, 0.6) is 0 Å². The fourth-order valence-corrected chi connectivity index (χ4v) is 10.4. The Balaban J connectivity index is 2.44. The molecule has 0 saturated carbocycles. The van der Waals surface area contributed by atoms with E-state index in [1.165, 1.54) is 6.42 Å². The summed E-state index contributed by atoms with van der Waals surface area (Å²) < 4.78 is 5.27. The van der Waals surface area contributed by atoms with Crippen LogP contribution in [0.1, 0.15) is 34.1 Å².